The van der Waals surface area contributed by atoms with Crippen molar-refractivity contribution in [3.8, 4) is 5.75 Å². The number of methoxy groups -OCH3 is 1. The number of Topliss-reactive ketones (excluding diaryl/α,β-unsaturated/α-hetero) is 1. The molecule has 0 aromatic heterocycles. The third-order valence-corrected chi connectivity index (χ3v) is 5.49. The standard InChI is InChI=1S/C23H28N2O3/c1-17-7-4-5-10-20(17)22(26)11-12-23(27)25-14-13-24(2)21(16-25)18-8-6-9-19(15-18)28-3/h4-10,15,21H,11-14,16H2,1-3H3. The fraction of sp³-hybridized carbons (Fsp3) is 0.391. The summed E-state index contributed by atoms with van der Waals surface area (Å²) in [6.07, 6.45) is 0.502. The minimum absolute atomic E-state index is 0.0323. The smallest absolute Gasteiger partial charge is 0.223 e. The molecule has 0 saturated carbocycles. The SMILES string of the molecule is COc1cccc(C2CN(C(=O)CCC(=O)c3ccccc3C)CCN2C)c1. The van der Waals surface area contributed by atoms with Gasteiger partial charge in [0.25, 0.3) is 0 Å². The van der Waals surface area contributed by atoms with Crippen molar-refractivity contribution in [3.05, 3.63) is 65.2 Å². The van der Waals surface area contributed by atoms with Crippen molar-refractivity contribution in [1.29, 1.82) is 0 Å². The third kappa shape index (κ3) is 4.60. The predicted molar refractivity (Wildman–Crippen MR) is 110 cm³/mol. The molecule has 0 aliphatic carbocycles. The van der Waals surface area contributed by atoms with Gasteiger partial charge in [-0.15, -0.1) is 0 Å². The quantitative estimate of drug-likeness (QED) is 0.720. The number of likely N-dealkylation sites (N-methyl/N-ethyl adjacent to an activating group) is 1. The second-order valence-electron chi connectivity index (χ2n) is 7.35. The lowest BCUT2D eigenvalue weighted by atomic mass is 10.00. The summed E-state index contributed by atoms with van der Waals surface area (Å²) in [4.78, 5) is 29.4. The lowest BCUT2D eigenvalue weighted by molar-refractivity contribution is -0.134. The number of ketones is 1. The van der Waals surface area contributed by atoms with E-state index in [2.05, 4.69) is 18.0 Å². The molecular formula is C23H28N2O3. The topological polar surface area (TPSA) is 49.9 Å². The number of rotatable bonds is 6. The zero-order valence-corrected chi connectivity index (χ0v) is 16.9. The Morgan fingerprint density at radius 2 is 1.86 bits per heavy atom. The van der Waals surface area contributed by atoms with Crippen molar-refractivity contribution in [2.45, 2.75) is 25.8 Å². The zero-order chi connectivity index (χ0) is 20.1. The predicted octanol–water partition coefficient (Wildman–Crippen LogP) is 3.48. The van der Waals surface area contributed by atoms with E-state index in [0.717, 1.165) is 23.4 Å². The van der Waals surface area contributed by atoms with Crippen LogP contribution < -0.4 is 4.74 Å². The van der Waals surface area contributed by atoms with Crippen molar-refractivity contribution in [1.82, 2.24) is 9.80 Å². The van der Waals surface area contributed by atoms with E-state index in [1.807, 2.05) is 54.3 Å². The van der Waals surface area contributed by atoms with Crippen molar-refractivity contribution in [2.24, 2.45) is 0 Å². The van der Waals surface area contributed by atoms with Crippen LogP contribution in [0.2, 0.25) is 0 Å². The molecule has 1 fully saturated rings. The van der Waals surface area contributed by atoms with Gasteiger partial charge in [0.05, 0.1) is 13.2 Å². The van der Waals surface area contributed by atoms with E-state index >= 15 is 0 Å². The number of benzene rings is 2. The van der Waals surface area contributed by atoms with E-state index in [-0.39, 0.29) is 30.6 Å². The van der Waals surface area contributed by atoms with Gasteiger partial charge in [-0.2, -0.15) is 0 Å². The van der Waals surface area contributed by atoms with Gasteiger partial charge >= 0.3 is 0 Å². The molecule has 28 heavy (non-hydrogen) atoms. The van der Waals surface area contributed by atoms with Crippen LogP contribution in [0.5, 0.6) is 5.75 Å². The molecule has 0 radical (unpaired) electrons. The number of aryl methyl sites for hydroxylation is 1. The molecular weight excluding hydrogens is 352 g/mol. The van der Waals surface area contributed by atoms with Crippen LogP contribution in [0.3, 0.4) is 0 Å². The average Bonchev–Trinajstić information content (AvgIpc) is 2.72. The lowest BCUT2D eigenvalue weighted by Crippen LogP contribution is -2.49. The summed E-state index contributed by atoms with van der Waals surface area (Å²) in [6, 6.07) is 15.7. The maximum absolute atomic E-state index is 12.8. The highest BCUT2D eigenvalue weighted by molar-refractivity contribution is 5.99. The first-order valence-corrected chi connectivity index (χ1v) is 9.70. The summed E-state index contributed by atoms with van der Waals surface area (Å²) in [5, 5.41) is 0. The number of carbonyl (C=O) groups excluding carboxylic acids is 2. The fourth-order valence-corrected chi connectivity index (χ4v) is 3.71. The Balaban J connectivity index is 1.62. The summed E-state index contributed by atoms with van der Waals surface area (Å²) in [5.41, 5.74) is 2.80. The number of piperazine rings is 1. The van der Waals surface area contributed by atoms with Crippen LogP contribution in [-0.4, -0.2) is 55.3 Å². The van der Waals surface area contributed by atoms with E-state index in [1.54, 1.807) is 7.11 Å². The fourth-order valence-electron chi connectivity index (χ4n) is 3.71. The largest absolute Gasteiger partial charge is 0.497 e. The summed E-state index contributed by atoms with van der Waals surface area (Å²) < 4.78 is 5.34. The monoisotopic (exact) mass is 380 g/mol. The minimum atomic E-state index is 0.0323. The highest BCUT2D eigenvalue weighted by Crippen LogP contribution is 2.27. The average molecular weight is 380 g/mol. The molecule has 1 aliphatic rings. The molecule has 1 atom stereocenters. The summed E-state index contributed by atoms with van der Waals surface area (Å²) in [5.74, 6) is 0.894. The first-order chi connectivity index (χ1) is 13.5. The Morgan fingerprint density at radius 3 is 2.61 bits per heavy atom. The molecule has 0 bridgehead atoms. The maximum Gasteiger partial charge on any atom is 0.223 e. The van der Waals surface area contributed by atoms with Crippen LogP contribution in [0.4, 0.5) is 0 Å². The Kier molecular flexibility index (Phi) is 6.47. The molecule has 0 spiro atoms. The molecule has 148 valence electrons. The molecule has 1 unspecified atom stereocenters. The van der Waals surface area contributed by atoms with Gasteiger partial charge in [-0.05, 0) is 37.2 Å². The van der Waals surface area contributed by atoms with Gasteiger partial charge in [0, 0.05) is 38.0 Å². The second-order valence-corrected chi connectivity index (χ2v) is 7.35. The van der Waals surface area contributed by atoms with Crippen molar-refractivity contribution in [3.63, 3.8) is 0 Å². The Hall–Kier alpha value is -2.66. The van der Waals surface area contributed by atoms with Crippen LogP contribution in [-0.2, 0) is 4.79 Å². The summed E-state index contributed by atoms with van der Waals surface area (Å²) >= 11 is 0. The van der Waals surface area contributed by atoms with Crippen LogP contribution in [0.25, 0.3) is 0 Å². The second kappa shape index (κ2) is 9.02. The molecule has 2 aromatic rings. The van der Waals surface area contributed by atoms with E-state index < -0.39 is 0 Å². The van der Waals surface area contributed by atoms with Gasteiger partial charge in [0.1, 0.15) is 5.75 Å². The van der Waals surface area contributed by atoms with E-state index in [4.69, 9.17) is 4.74 Å². The molecule has 1 aliphatic heterocycles. The minimum Gasteiger partial charge on any atom is -0.497 e. The Labute approximate surface area is 166 Å². The normalized spacial score (nSPS) is 17.4. The van der Waals surface area contributed by atoms with Crippen molar-refractivity contribution in [2.75, 3.05) is 33.8 Å². The Morgan fingerprint density at radius 1 is 1.07 bits per heavy atom. The molecule has 5 nitrogen and oxygen atoms in total. The number of ether oxygens (including phenoxy) is 1. The summed E-state index contributed by atoms with van der Waals surface area (Å²) in [7, 11) is 3.73. The van der Waals surface area contributed by atoms with Crippen LogP contribution in [0.15, 0.2) is 48.5 Å². The molecule has 1 saturated heterocycles. The molecule has 5 heteroatoms. The van der Waals surface area contributed by atoms with Gasteiger partial charge in [-0.3, -0.25) is 14.5 Å². The molecule has 2 aromatic carbocycles. The number of hydrogen-bond acceptors (Lipinski definition) is 4. The first-order valence-electron chi connectivity index (χ1n) is 9.70. The molecule has 3 rings (SSSR count). The number of amides is 1. The number of nitrogens with zero attached hydrogens (tertiary/aromatic N) is 2. The van der Waals surface area contributed by atoms with Gasteiger partial charge in [-0.1, -0.05) is 36.4 Å². The van der Waals surface area contributed by atoms with Crippen LogP contribution in [0, 0.1) is 6.92 Å². The van der Waals surface area contributed by atoms with Gasteiger partial charge in [0.15, 0.2) is 5.78 Å². The highest BCUT2D eigenvalue weighted by Gasteiger charge is 2.28. The van der Waals surface area contributed by atoms with Crippen molar-refractivity contribution >= 4 is 11.7 Å². The molecule has 1 amide bonds. The third-order valence-electron chi connectivity index (χ3n) is 5.49. The van der Waals surface area contributed by atoms with E-state index in [1.165, 1.54) is 0 Å². The van der Waals surface area contributed by atoms with Crippen LogP contribution in [0.1, 0.15) is 40.4 Å². The molecule has 1 heterocycles. The van der Waals surface area contributed by atoms with E-state index in [9.17, 15) is 9.59 Å². The molecule has 0 N–H and O–H groups in total. The Bertz CT molecular complexity index is 849. The summed E-state index contributed by atoms with van der Waals surface area (Å²) in [6.45, 7) is 4.04. The zero-order valence-electron chi connectivity index (χ0n) is 16.9. The van der Waals surface area contributed by atoms with Crippen LogP contribution >= 0.6 is 0 Å². The first kappa shape index (κ1) is 20.1. The number of hydrogen-bond donors (Lipinski definition) is 0. The van der Waals surface area contributed by atoms with Gasteiger partial charge in [-0.25, -0.2) is 0 Å². The number of carbonyl (C=O) groups is 2. The maximum atomic E-state index is 12.8. The highest BCUT2D eigenvalue weighted by atomic mass is 16.5. The van der Waals surface area contributed by atoms with Crippen molar-refractivity contribution < 1.29 is 14.3 Å². The van der Waals surface area contributed by atoms with E-state index in [0.29, 0.717) is 18.7 Å². The lowest BCUT2D eigenvalue weighted by Gasteiger charge is -2.39. The van der Waals surface area contributed by atoms with Gasteiger partial charge < -0.3 is 9.64 Å². The van der Waals surface area contributed by atoms with Gasteiger partial charge in [0.2, 0.25) is 5.91 Å².